The van der Waals surface area contributed by atoms with Crippen LogP contribution in [0.3, 0.4) is 0 Å². The van der Waals surface area contributed by atoms with Crippen molar-refractivity contribution in [3.63, 3.8) is 0 Å². The second-order valence-electron chi connectivity index (χ2n) is 11.9. The van der Waals surface area contributed by atoms with Gasteiger partial charge in [0.1, 0.15) is 23.7 Å². The molecule has 8 nitrogen and oxygen atoms in total. The highest BCUT2D eigenvalue weighted by Gasteiger charge is 2.24. The zero-order valence-electron chi connectivity index (χ0n) is 26.6. The Morgan fingerprint density at radius 2 is 1.64 bits per heavy atom. The lowest BCUT2D eigenvalue weighted by Crippen LogP contribution is -2.39. The molecule has 2 aromatic carbocycles. The van der Waals surface area contributed by atoms with Gasteiger partial charge in [0.05, 0.1) is 0 Å². The number of amides is 2. The van der Waals surface area contributed by atoms with E-state index in [1.54, 1.807) is 29.6 Å². The Hall–Kier alpha value is -4.98. The molecule has 0 aliphatic heterocycles. The van der Waals surface area contributed by atoms with E-state index in [0.29, 0.717) is 24.5 Å². The lowest BCUT2D eigenvalue weighted by molar-refractivity contribution is 0.256. The number of H-pyrrole nitrogens is 1. The van der Waals surface area contributed by atoms with Crippen LogP contribution in [0.25, 0.3) is 22.2 Å². The van der Waals surface area contributed by atoms with Crippen molar-refractivity contribution in [3.05, 3.63) is 112 Å². The van der Waals surface area contributed by atoms with Gasteiger partial charge in [0, 0.05) is 36.2 Å². The Kier molecular flexibility index (Phi) is 9.92. The maximum atomic E-state index is 14.1. The predicted molar refractivity (Wildman–Crippen MR) is 182 cm³/mol. The normalized spacial score (nSPS) is 11.3. The Morgan fingerprint density at radius 1 is 0.911 bits per heavy atom. The summed E-state index contributed by atoms with van der Waals surface area (Å²) in [6.45, 7) is 11.4. The highest BCUT2D eigenvalue weighted by atomic mass is 16.5. The molecule has 0 spiro atoms. The van der Waals surface area contributed by atoms with Gasteiger partial charge in [-0.25, -0.2) is 9.78 Å². The minimum absolute atomic E-state index is 0.128. The molecular weight excluding hydrogens is 562 g/mol. The fraction of sp³-hybridized carbons (Fsp3) is 0.297. The third-order valence-corrected chi connectivity index (χ3v) is 7.86. The number of nitrogens with zero attached hydrogens (tertiary/aromatic N) is 3. The maximum absolute atomic E-state index is 14.1. The molecule has 0 radical (unpaired) electrons. The fourth-order valence-electron chi connectivity index (χ4n) is 5.37. The number of fused-ring (bicyclic) bond motifs is 1. The number of unbranched alkanes of at least 4 members (excludes halogenated alkanes) is 1. The third kappa shape index (κ3) is 7.40. The molecule has 8 heteroatoms. The topological polar surface area (TPSA) is 100 Å². The number of urea groups is 1. The molecule has 2 N–H and O–H groups in total. The van der Waals surface area contributed by atoms with Crippen LogP contribution >= 0.6 is 0 Å². The molecule has 0 aliphatic rings. The van der Waals surface area contributed by atoms with Crippen molar-refractivity contribution < 1.29 is 9.53 Å². The number of ether oxygens (including phenoxy) is 1. The van der Waals surface area contributed by atoms with Crippen LogP contribution in [0.4, 0.5) is 16.2 Å². The van der Waals surface area contributed by atoms with Crippen molar-refractivity contribution in [1.29, 1.82) is 0 Å². The van der Waals surface area contributed by atoms with E-state index in [4.69, 9.17) is 4.74 Å². The highest BCUT2D eigenvalue weighted by Crippen LogP contribution is 2.38. The molecule has 232 valence electrons. The van der Waals surface area contributed by atoms with Crippen molar-refractivity contribution in [3.8, 4) is 16.9 Å². The molecule has 5 rings (SSSR count). The van der Waals surface area contributed by atoms with Gasteiger partial charge in [-0.05, 0) is 101 Å². The minimum Gasteiger partial charge on any atom is -0.489 e. The van der Waals surface area contributed by atoms with Crippen LogP contribution in [-0.4, -0.2) is 27.5 Å². The van der Waals surface area contributed by atoms with Crippen LogP contribution in [0.2, 0.25) is 0 Å². The molecule has 0 aliphatic carbocycles. The molecule has 2 amide bonds. The van der Waals surface area contributed by atoms with E-state index in [0.717, 1.165) is 57.5 Å². The smallest absolute Gasteiger partial charge is 0.326 e. The molecule has 3 aromatic heterocycles. The highest BCUT2D eigenvalue weighted by molar-refractivity contribution is 6.03. The van der Waals surface area contributed by atoms with Gasteiger partial charge in [-0.2, -0.15) is 0 Å². The van der Waals surface area contributed by atoms with Crippen LogP contribution in [0.15, 0.2) is 90.1 Å². The monoisotopic (exact) mass is 603 g/mol. The quantitative estimate of drug-likeness (QED) is 0.157. The zero-order valence-corrected chi connectivity index (χ0v) is 26.6. The molecular formula is C37H41N5O3. The van der Waals surface area contributed by atoms with Crippen molar-refractivity contribution in [1.82, 2.24) is 15.0 Å². The number of aromatic nitrogens is 3. The standard InChI is InChI=1S/C37H41N5O3/c1-6-7-18-42(33-22-28-11-9-15-39-35(28)41-36(33)43)37(44)40-34-31(24(2)3)20-29(21-32(34)25(4)5)27-10-8-12-30(19-27)45-23-26-13-16-38-17-14-26/h8-17,19-22,24-25H,6-7,18,23H2,1-5H3,(H,40,44)(H,39,41,43). The van der Waals surface area contributed by atoms with Crippen molar-refractivity contribution in [2.75, 3.05) is 16.8 Å². The molecule has 0 unspecified atom stereocenters. The molecule has 45 heavy (non-hydrogen) atoms. The number of hydrogen-bond donors (Lipinski definition) is 2. The number of anilines is 2. The summed E-state index contributed by atoms with van der Waals surface area (Å²) in [6.07, 6.45) is 6.79. The number of pyridine rings is 3. The lowest BCUT2D eigenvalue weighted by Gasteiger charge is -2.27. The first-order valence-corrected chi connectivity index (χ1v) is 15.6. The first kappa shape index (κ1) is 31.4. The number of carbonyl (C=O) groups is 1. The number of hydrogen-bond acceptors (Lipinski definition) is 5. The first-order chi connectivity index (χ1) is 21.7. The average Bonchev–Trinajstić information content (AvgIpc) is 3.04. The van der Waals surface area contributed by atoms with Gasteiger partial charge in [0.15, 0.2) is 0 Å². The summed E-state index contributed by atoms with van der Waals surface area (Å²) in [6, 6.07) is 21.4. The summed E-state index contributed by atoms with van der Waals surface area (Å²) in [5.74, 6) is 1.03. The Bertz CT molecular complexity index is 1800. The number of carbonyl (C=O) groups excluding carboxylic acids is 1. The third-order valence-electron chi connectivity index (χ3n) is 7.86. The van der Waals surface area contributed by atoms with Gasteiger partial charge < -0.3 is 15.0 Å². The van der Waals surface area contributed by atoms with Crippen molar-refractivity contribution in [2.24, 2.45) is 0 Å². The Morgan fingerprint density at radius 3 is 2.33 bits per heavy atom. The second-order valence-corrected chi connectivity index (χ2v) is 11.9. The molecule has 5 aromatic rings. The molecule has 0 saturated carbocycles. The summed E-state index contributed by atoms with van der Waals surface area (Å²) < 4.78 is 6.10. The van der Waals surface area contributed by atoms with Crippen LogP contribution in [0, 0.1) is 0 Å². The zero-order chi connectivity index (χ0) is 31.9. The van der Waals surface area contributed by atoms with Crippen molar-refractivity contribution in [2.45, 2.75) is 65.9 Å². The molecule has 0 fully saturated rings. The van der Waals surface area contributed by atoms with Gasteiger partial charge in [0.2, 0.25) is 0 Å². The van der Waals surface area contributed by atoms with E-state index in [-0.39, 0.29) is 23.4 Å². The summed E-state index contributed by atoms with van der Waals surface area (Å²) in [7, 11) is 0. The summed E-state index contributed by atoms with van der Waals surface area (Å²) in [4.78, 5) is 40.0. The van der Waals surface area contributed by atoms with Gasteiger partial charge in [0.25, 0.3) is 5.56 Å². The SMILES string of the molecule is CCCCN(C(=O)Nc1c(C(C)C)cc(-c2cccc(OCc3ccncc3)c2)cc1C(C)C)c1cc2cccnc2[nH]c1=O. The summed E-state index contributed by atoms with van der Waals surface area (Å²) in [5, 5.41) is 4.01. The number of nitrogens with one attached hydrogen (secondary N) is 2. The summed E-state index contributed by atoms with van der Waals surface area (Å²) in [5.41, 5.74) is 6.43. The Balaban J connectivity index is 1.50. The average molecular weight is 604 g/mol. The van der Waals surface area contributed by atoms with Gasteiger partial charge in [-0.15, -0.1) is 0 Å². The van der Waals surface area contributed by atoms with E-state index in [1.165, 1.54) is 0 Å². The van der Waals surface area contributed by atoms with Gasteiger partial charge in [-0.3, -0.25) is 14.7 Å². The van der Waals surface area contributed by atoms with E-state index >= 15 is 0 Å². The fourth-order valence-corrected chi connectivity index (χ4v) is 5.37. The molecule has 3 heterocycles. The van der Waals surface area contributed by atoms with E-state index < -0.39 is 0 Å². The first-order valence-electron chi connectivity index (χ1n) is 15.6. The van der Waals surface area contributed by atoms with Crippen LogP contribution in [0.5, 0.6) is 5.75 Å². The maximum Gasteiger partial charge on any atom is 0.326 e. The molecule has 0 saturated heterocycles. The summed E-state index contributed by atoms with van der Waals surface area (Å²) >= 11 is 0. The number of rotatable bonds is 11. The largest absolute Gasteiger partial charge is 0.489 e. The van der Waals surface area contributed by atoms with Crippen LogP contribution in [-0.2, 0) is 6.61 Å². The van der Waals surface area contributed by atoms with Crippen molar-refractivity contribution >= 4 is 28.4 Å². The van der Waals surface area contributed by atoms with E-state index in [9.17, 15) is 9.59 Å². The predicted octanol–water partition coefficient (Wildman–Crippen LogP) is 8.65. The van der Waals surface area contributed by atoms with Gasteiger partial charge in [-0.1, -0.05) is 53.2 Å². The second kappa shape index (κ2) is 14.2. The number of benzene rings is 2. The van der Waals surface area contributed by atoms with Crippen LogP contribution in [0.1, 0.15) is 76.0 Å². The van der Waals surface area contributed by atoms with Crippen LogP contribution < -0.4 is 20.5 Å². The van der Waals surface area contributed by atoms with E-state index in [1.807, 2.05) is 36.4 Å². The van der Waals surface area contributed by atoms with E-state index in [2.05, 4.69) is 79.2 Å². The molecule has 0 bridgehead atoms. The molecule has 0 atom stereocenters. The number of aromatic amines is 1. The lowest BCUT2D eigenvalue weighted by atomic mass is 9.88. The minimum atomic E-state index is -0.345. The Labute approximate surface area is 264 Å². The van der Waals surface area contributed by atoms with Gasteiger partial charge >= 0.3 is 6.03 Å².